The van der Waals surface area contributed by atoms with E-state index in [1.165, 1.54) is 5.56 Å². The van der Waals surface area contributed by atoms with Crippen molar-refractivity contribution < 1.29 is 9.53 Å². The summed E-state index contributed by atoms with van der Waals surface area (Å²) in [6.45, 7) is 4.38. The van der Waals surface area contributed by atoms with Crippen LogP contribution in [0.3, 0.4) is 0 Å². The number of anilines is 1. The first-order valence-electron chi connectivity index (χ1n) is 9.53. The number of nitriles is 1. The van der Waals surface area contributed by atoms with Crippen molar-refractivity contribution in [1.29, 1.82) is 5.26 Å². The lowest BCUT2D eigenvalue weighted by Gasteiger charge is -2.10. The zero-order valence-corrected chi connectivity index (χ0v) is 20.0. The Morgan fingerprint density at radius 2 is 1.87 bits per heavy atom. The summed E-state index contributed by atoms with van der Waals surface area (Å²) in [4.78, 5) is 12.6. The summed E-state index contributed by atoms with van der Waals surface area (Å²) in [6, 6.07) is 20.9. The number of carbonyl (C=O) groups excluding carboxylic acids is 1. The number of ether oxygens (including phenoxy) is 1. The molecule has 0 atom stereocenters. The van der Waals surface area contributed by atoms with Gasteiger partial charge in [0.25, 0.3) is 5.91 Å². The van der Waals surface area contributed by atoms with E-state index in [1.54, 1.807) is 18.2 Å². The molecule has 3 aromatic carbocycles. The van der Waals surface area contributed by atoms with Crippen molar-refractivity contribution in [2.75, 3.05) is 5.32 Å². The van der Waals surface area contributed by atoms with E-state index in [9.17, 15) is 10.1 Å². The minimum Gasteiger partial charge on any atom is -0.488 e. The van der Waals surface area contributed by atoms with Gasteiger partial charge in [-0.05, 0) is 83.5 Å². The van der Waals surface area contributed by atoms with Crippen molar-refractivity contribution in [2.24, 2.45) is 0 Å². The molecule has 156 valence electrons. The molecule has 0 heterocycles. The van der Waals surface area contributed by atoms with Crippen LogP contribution in [0.1, 0.15) is 22.3 Å². The number of carbonyl (C=O) groups is 1. The molecule has 0 fully saturated rings. The number of nitrogens with zero attached hydrogens (tertiary/aromatic N) is 1. The van der Waals surface area contributed by atoms with Crippen LogP contribution in [0.25, 0.3) is 6.08 Å². The van der Waals surface area contributed by atoms with E-state index in [1.807, 2.05) is 56.3 Å². The number of halogens is 2. The van der Waals surface area contributed by atoms with Crippen LogP contribution in [0.2, 0.25) is 5.02 Å². The lowest BCUT2D eigenvalue weighted by atomic mass is 10.1. The van der Waals surface area contributed by atoms with Crippen LogP contribution in [0, 0.1) is 28.7 Å². The fourth-order valence-electron chi connectivity index (χ4n) is 2.80. The zero-order valence-electron chi connectivity index (χ0n) is 17.1. The van der Waals surface area contributed by atoms with Crippen LogP contribution in [0.15, 0.2) is 66.2 Å². The number of amides is 1. The number of hydrogen-bond donors (Lipinski definition) is 1. The largest absolute Gasteiger partial charge is 0.488 e. The highest BCUT2D eigenvalue weighted by atomic mass is 127. The molecule has 0 radical (unpaired) electrons. The Morgan fingerprint density at radius 3 is 2.55 bits per heavy atom. The van der Waals surface area contributed by atoms with Crippen molar-refractivity contribution in [3.8, 4) is 11.8 Å². The van der Waals surface area contributed by atoms with Gasteiger partial charge >= 0.3 is 0 Å². The monoisotopic (exact) mass is 542 g/mol. The van der Waals surface area contributed by atoms with Gasteiger partial charge in [-0.15, -0.1) is 0 Å². The Kier molecular flexibility index (Phi) is 7.72. The first kappa shape index (κ1) is 22.9. The van der Waals surface area contributed by atoms with Crippen molar-refractivity contribution in [3.63, 3.8) is 0 Å². The van der Waals surface area contributed by atoms with Gasteiger partial charge in [0.15, 0.2) is 0 Å². The van der Waals surface area contributed by atoms with Crippen LogP contribution in [-0.4, -0.2) is 5.91 Å². The standard InChI is InChI=1S/C25H20ClIN2O2/c1-16-3-6-18(7-4-16)15-31-24-10-8-19(12-22(24)27)11-20(14-28)25(30)29-23-13-21(26)9-5-17(23)2/h3-13H,15H2,1-2H3,(H,29,30)/b20-11+. The molecule has 4 nitrogen and oxygen atoms in total. The van der Waals surface area contributed by atoms with E-state index in [4.69, 9.17) is 16.3 Å². The summed E-state index contributed by atoms with van der Waals surface area (Å²) in [5.41, 5.74) is 4.47. The molecule has 0 bridgehead atoms. The third-order valence-electron chi connectivity index (χ3n) is 4.59. The first-order chi connectivity index (χ1) is 14.9. The van der Waals surface area contributed by atoms with Crippen LogP contribution in [0.4, 0.5) is 5.69 Å². The number of nitrogens with one attached hydrogen (secondary N) is 1. The van der Waals surface area contributed by atoms with E-state index in [0.29, 0.717) is 17.3 Å². The number of rotatable bonds is 6. The summed E-state index contributed by atoms with van der Waals surface area (Å²) >= 11 is 8.19. The topological polar surface area (TPSA) is 62.1 Å². The van der Waals surface area contributed by atoms with Gasteiger partial charge in [-0.2, -0.15) is 5.26 Å². The predicted molar refractivity (Wildman–Crippen MR) is 133 cm³/mol. The maximum Gasteiger partial charge on any atom is 0.266 e. The predicted octanol–water partition coefficient (Wildman–Crippen LogP) is 6.69. The third kappa shape index (κ3) is 6.33. The molecule has 0 saturated heterocycles. The smallest absolute Gasteiger partial charge is 0.266 e. The minimum absolute atomic E-state index is 0.00324. The average molecular weight is 543 g/mol. The van der Waals surface area contributed by atoms with Crippen molar-refractivity contribution in [1.82, 2.24) is 0 Å². The van der Waals surface area contributed by atoms with Crippen LogP contribution < -0.4 is 10.1 Å². The van der Waals surface area contributed by atoms with Gasteiger partial charge in [0.1, 0.15) is 24.0 Å². The Hall–Kier alpha value is -2.82. The van der Waals surface area contributed by atoms with Gasteiger partial charge < -0.3 is 10.1 Å². The van der Waals surface area contributed by atoms with Gasteiger partial charge in [-0.1, -0.05) is 53.6 Å². The number of aryl methyl sites for hydroxylation is 2. The average Bonchev–Trinajstić information content (AvgIpc) is 2.75. The van der Waals surface area contributed by atoms with Gasteiger partial charge in [0, 0.05) is 10.7 Å². The van der Waals surface area contributed by atoms with Crippen molar-refractivity contribution in [3.05, 3.63) is 97.1 Å². The fraction of sp³-hybridized carbons (Fsp3) is 0.120. The second-order valence-electron chi connectivity index (χ2n) is 7.05. The third-order valence-corrected chi connectivity index (χ3v) is 5.67. The van der Waals surface area contributed by atoms with Crippen molar-refractivity contribution in [2.45, 2.75) is 20.5 Å². The highest BCUT2D eigenvalue weighted by Crippen LogP contribution is 2.25. The SMILES string of the molecule is Cc1ccc(COc2ccc(/C=C(\C#N)C(=O)Nc3cc(Cl)ccc3C)cc2I)cc1. The molecule has 0 aliphatic carbocycles. The highest BCUT2D eigenvalue weighted by molar-refractivity contribution is 14.1. The van der Waals surface area contributed by atoms with E-state index in [0.717, 1.165) is 26.0 Å². The van der Waals surface area contributed by atoms with E-state index < -0.39 is 5.91 Å². The van der Waals surface area contributed by atoms with Crippen molar-refractivity contribution >= 4 is 51.9 Å². The molecule has 0 aliphatic heterocycles. The molecule has 3 rings (SSSR count). The summed E-state index contributed by atoms with van der Waals surface area (Å²) in [5.74, 6) is 0.262. The minimum atomic E-state index is -0.484. The molecule has 1 N–H and O–H groups in total. The first-order valence-corrected chi connectivity index (χ1v) is 11.0. The summed E-state index contributed by atoms with van der Waals surface area (Å²) in [6.07, 6.45) is 1.56. The second kappa shape index (κ2) is 10.5. The van der Waals surface area contributed by atoms with Gasteiger partial charge in [0.2, 0.25) is 0 Å². The highest BCUT2D eigenvalue weighted by Gasteiger charge is 2.12. The molecule has 3 aromatic rings. The lowest BCUT2D eigenvalue weighted by Crippen LogP contribution is -2.14. The van der Waals surface area contributed by atoms with E-state index >= 15 is 0 Å². The molecule has 0 unspecified atom stereocenters. The summed E-state index contributed by atoms with van der Waals surface area (Å²) in [7, 11) is 0. The summed E-state index contributed by atoms with van der Waals surface area (Å²) in [5, 5.41) is 12.7. The molecule has 0 aromatic heterocycles. The number of benzene rings is 3. The Balaban J connectivity index is 1.72. The van der Waals surface area contributed by atoms with Gasteiger partial charge in [-0.3, -0.25) is 4.79 Å². The molecule has 31 heavy (non-hydrogen) atoms. The molecule has 0 aliphatic rings. The van der Waals surface area contributed by atoms with Gasteiger partial charge in [-0.25, -0.2) is 0 Å². The lowest BCUT2D eigenvalue weighted by molar-refractivity contribution is -0.112. The zero-order chi connectivity index (χ0) is 22.4. The Labute approximate surface area is 200 Å². The Bertz CT molecular complexity index is 1180. The normalized spacial score (nSPS) is 11.0. The molecular weight excluding hydrogens is 523 g/mol. The Morgan fingerprint density at radius 1 is 1.13 bits per heavy atom. The van der Waals surface area contributed by atoms with E-state index in [-0.39, 0.29) is 5.57 Å². The van der Waals surface area contributed by atoms with Crippen LogP contribution >= 0.6 is 34.2 Å². The molecule has 6 heteroatoms. The van der Waals surface area contributed by atoms with E-state index in [2.05, 4.69) is 40.0 Å². The van der Waals surface area contributed by atoms with Gasteiger partial charge in [0.05, 0.1) is 3.57 Å². The van der Waals surface area contributed by atoms with Crippen LogP contribution in [0.5, 0.6) is 5.75 Å². The quantitative estimate of drug-likeness (QED) is 0.215. The molecule has 1 amide bonds. The molecule has 0 saturated carbocycles. The molecular formula is C25H20ClIN2O2. The fourth-order valence-corrected chi connectivity index (χ4v) is 3.67. The maximum absolute atomic E-state index is 12.6. The van der Waals surface area contributed by atoms with Crippen LogP contribution in [-0.2, 0) is 11.4 Å². The maximum atomic E-state index is 12.6. The molecule has 0 spiro atoms. The number of hydrogen-bond acceptors (Lipinski definition) is 3. The summed E-state index contributed by atoms with van der Waals surface area (Å²) < 4.78 is 6.81. The second-order valence-corrected chi connectivity index (χ2v) is 8.65.